The number of carbonyl (C=O) groups is 3. The smallest absolute Gasteiger partial charge is 0.256 e. The number of aromatic nitrogens is 1. The van der Waals surface area contributed by atoms with E-state index < -0.39 is 0 Å². The van der Waals surface area contributed by atoms with Crippen molar-refractivity contribution in [3.05, 3.63) is 52.3 Å². The van der Waals surface area contributed by atoms with E-state index in [1.165, 1.54) is 0 Å². The molecule has 29 heavy (non-hydrogen) atoms. The molecule has 8 nitrogen and oxygen atoms in total. The number of H-pyrrole nitrogens is 1. The van der Waals surface area contributed by atoms with Crippen molar-refractivity contribution in [1.82, 2.24) is 15.6 Å². The molecule has 1 aromatic heterocycles. The zero-order valence-corrected chi connectivity index (χ0v) is 16.1. The summed E-state index contributed by atoms with van der Waals surface area (Å²) in [6.45, 7) is 3.30. The van der Waals surface area contributed by atoms with Gasteiger partial charge in [0.05, 0.1) is 36.5 Å². The Labute approximate surface area is 167 Å². The number of ether oxygens (including phenoxy) is 1. The minimum absolute atomic E-state index is 0.115. The van der Waals surface area contributed by atoms with Gasteiger partial charge in [-0.1, -0.05) is 6.07 Å². The second-order valence-electron chi connectivity index (χ2n) is 7.07. The standard InChI is InChI=1S/C21H22N4O4/c1-12-8-16-18(24-12)11-15-14-9-13(2-3-17(14)25-21(15)28)10-19(26)22-4-6-29-7-5-23-20(16)27/h2-3,8-9,11,24H,4-7,10H2,1H3,(H,22,26)(H,23,27)(H,25,28)/b15-11-. The van der Waals surface area contributed by atoms with Crippen molar-refractivity contribution in [3.8, 4) is 0 Å². The Bertz CT molecular complexity index is 1020. The Balaban J connectivity index is 1.76. The minimum atomic E-state index is -0.244. The van der Waals surface area contributed by atoms with Gasteiger partial charge < -0.3 is 25.7 Å². The van der Waals surface area contributed by atoms with Crippen LogP contribution in [0, 0.1) is 6.92 Å². The number of aryl methyl sites for hydroxylation is 1. The van der Waals surface area contributed by atoms with Crippen LogP contribution in [-0.4, -0.2) is 49.0 Å². The van der Waals surface area contributed by atoms with E-state index in [-0.39, 0.29) is 24.1 Å². The molecule has 8 heteroatoms. The predicted octanol–water partition coefficient (Wildman–Crippen LogP) is 1.23. The minimum Gasteiger partial charge on any atom is -0.378 e. The topological polar surface area (TPSA) is 112 Å². The van der Waals surface area contributed by atoms with Crippen molar-refractivity contribution in [2.24, 2.45) is 0 Å². The van der Waals surface area contributed by atoms with E-state index in [1.807, 2.05) is 19.1 Å². The first kappa shape index (κ1) is 18.9. The van der Waals surface area contributed by atoms with Crippen molar-refractivity contribution >= 4 is 35.1 Å². The van der Waals surface area contributed by atoms with Crippen molar-refractivity contribution in [2.45, 2.75) is 13.3 Å². The highest BCUT2D eigenvalue weighted by Gasteiger charge is 2.26. The van der Waals surface area contributed by atoms with Crippen LogP contribution < -0.4 is 16.0 Å². The Morgan fingerprint density at radius 2 is 1.72 bits per heavy atom. The van der Waals surface area contributed by atoms with Gasteiger partial charge in [-0.3, -0.25) is 14.4 Å². The first-order valence-corrected chi connectivity index (χ1v) is 9.50. The maximum atomic E-state index is 12.6. The SMILES string of the molecule is Cc1cc2c([nH]1)/C=C1\C(=O)Nc3ccc(cc31)CC(=O)NCCOCCNC2=O. The van der Waals surface area contributed by atoms with Gasteiger partial charge in [0.25, 0.3) is 11.8 Å². The summed E-state index contributed by atoms with van der Waals surface area (Å²) in [5.41, 5.74) is 4.49. The largest absolute Gasteiger partial charge is 0.378 e. The molecule has 1 aromatic carbocycles. The third-order valence-corrected chi connectivity index (χ3v) is 4.85. The lowest BCUT2D eigenvalue weighted by Gasteiger charge is -2.08. The van der Waals surface area contributed by atoms with Crippen molar-refractivity contribution in [3.63, 3.8) is 0 Å². The maximum absolute atomic E-state index is 12.6. The Hall–Kier alpha value is -3.39. The molecule has 0 fully saturated rings. The lowest BCUT2D eigenvalue weighted by atomic mass is 10.0. The number of anilines is 1. The van der Waals surface area contributed by atoms with Crippen molar-refractivity contribution < 1.29 is 19.1 Å². The molecule has 0 saturated carbocycles. The van der Waals surface area contributed by atoms with Gasteiger partial charge in [-0.25, -0.2) is 0 Å². The van der Waals surface area contributed by atoms with Crippen LogP contribution in [0.3, 0.4) is 0 Å². The summed E-state index contributed by atoms with van der Waals surface area (Å²) in [5.74, 6) is -0.599. The number of aromatic amines is 1. The number of hydrogen-bond acceptors (Lipinski definition) is 4. The highest BCUT2D eigenvalue weighted by Crippen LogP contribution is 2.34. The number of amides is 3. The molecule has 150 valence electrons. The van der Waals surface area contributed by atoms with E-state index in [1.54, 1.807) is 18.2 Å². The molecule has 0 atom stereocenters. The van der Waals surface area contributed by atoms with Crippen LogP contribution >= 0.6 is 0 Å². The van der Waals surface area contributed by atoms with E-state index in [4.69, 9.17) is 4.74 Å². The fraction of sp³-hybridized carbons (Fsp3) is 0.286. The molecular weight excluding hydrogens is 372 g/mol. The van der Waals surface area contributed by atoms with Crippen LogP contribution in [0.4, 0.5) is 5.69 Å². The van der Waals surface area contributed by atoms with Crippen molar-refractivity contribution in [1.29, 1.82) is 0 Å². The molecule has 0 aliphatic carbocycles. The highest BCUT2D eigenvalue weighted by atomic mass is 16.5. The summed E-state index contributed by atoms with van der Waals surface area (Å²) >= 11 is 0. The Morgan fingerprint density at radius 1 is 0.931 bits per heavy atom. The van der Waals surface area contributed by atoms with Gasteiger partial charge in [-0.15, -0.1) is 0 Å². The number of carbonyl (C=O) groups excluding carboxylic acids is 3. The fourth-order valence-corrected chi connectivity index (χ4v) is 3.49. The van der Waals surface area contributed by atoms with Crippen LogP contribution in [0.15, 0.2) is 24.3 Å². The van der Waals surface area contributed by atoms with Gasteiger partial charge in [0.15, 0.2) is 0 Å². The highest BCUT2D eigenvalue weighted by molar-refractivity contribution is 6.35. The normalized spacial score (nSPS) is 19.3. The van der Waals surface area contributed by atoms with Gasteiger partial charge in [0.2, 0.25) is 5.91 Å². The first-order chi connectivity index (χ1) is 14.0. The maximum Gasteiger partial charge on any atom is 0.256 e. The summed E-state index contributed by atoms with van der Waals surface area (Å²) < 4.78 is 5.45. The second-order valence-corrected chi connectivity index (χ2v) is 7.07. The number of nitrogens with one attached hydrogen (secondary N) is 4. The van der Waals surface area contributed by atoms with Gasteiger partial charge in [0.1, 0.15) is 0 Å². The second kappa shape index (κ2) is 7.92. The van der Waals surface area contributed by atoms with Gasteiger partial charge in [-0.2, -0.15) is 0 Å². The molecule has 3 amide bonds. The van der Waals surface area contributed by atoms with Gasteiger partial charge >= 0.3 is 0 Å². The molecule has 0 spiro atoms. The zero-order valence-electron chi connectivity index (χ0n) is 16.1. The van der Waals surface area contributed by atoms with Crippen LogP contribution in [0.5, 0.6) is 0 Å². The lowest BCUT2D eigenvalue weighted by Crippen LogP contribution is -2.31. The summed E-state index contributed by atoms with van der Waals surface area (Å²) in [4.78, 5) is 40.5. The van der Waals surface area contributed by atoms with E-state index in [2.05, 4.69) is 20.9 Å². The van der Waals surface area contributed by atoms with Crippen LogP contribution in [0.2, 0.25) is 0 Å². The van der Waals surface area contributed by atoms with E-state index in [9.17, 15) is 14.4 Å². The number of rotatable bonds is 0. The van der Waals surface area contributed by atoms with E-state index in [0.29, 0.717) is 54.4 Å². The summed E-state index contributed by atoms with van der Waals surface area (Å²) in [5, 5.41) is 8.46. The van der Waals surface area contributed by atoms with Crippen molar-refractivity contribution in [2.75, 3.05) is 31.6 Å². The Morgan fingerprint density at radius 3 is 2.55 bits per heavy atom. The average molecular weight is 394 g/mol. The third kappa shape index (κ3) is 4.07. The molecule has 4 N–H and O–H groups in total. The molecule has 2 bridgehead atoms. The molecule has 0 saturated heterocycles. The summed E-state index contributed by atoms with van der Waals surface area (Å²) in [7, 11) is 0. The molecule has 2 aliphatic heterocycles. The quantitative estimate of drug-likeness (QED) is 0.538. The first-order valence-electron chi connectivity index (χ1n) is 9.50. The Kier molecular flexibility index (Phi) is 5.18. The average Bonchev–Trinajstić information content (AvgIpc) is 3.20. The lowest BCUT2D eigenvalue weighted by molar-refractivity contribution is -0.120. The fourth-order valence-electron chi connectivity index (χ4n) is 3.49. The van der Waals surface area contributed by atoms with E-state index >= 15 is 0 Å². The summed E-state index contributed by atoms with van der Waals surface area (Å²) in [6.07, 6.45) is 1.89. The molecule has 4 rings (SSSR count). The molecule has 2 aromatic rings. The monoisotopic (exact) mass is 394 g/mol. The van der Waals surface area contributed by atoms with Gasteiger partial charge in [-0.05, 0) is 36.8 Å². The predicted molar refractivity (Wildman–Crippen MR) is 108 cm³/mol. The number of benzene rings is 1. The van der Waals surface area contributed by atoms with Crippen LogP contribution in [0.1, 0.15) is 32.9 Å². The summed E-state index contributed by atoms with van der Waals surface area (Å²) in [6, 6.07) is 7.21. The zero-order chi connectivity index (χ0) is 20.4. The molecule has 0 unspecified atom stereocenters. The molecule has 0 radical (unpaired) electrons. The van der Waals surface area contributed by atoms with Gasteiger partial charge in [0, 0.05) is 30.0 Å². The number of hydrogen-bond donors (Lipinski definition) is 4. The van der Waals surface area contributed by atoms with E-state index in [0.717, 1.165) is 11.3 Å². The molecule has 2 aliphatic rings. The molecule has 3 heterocycles. The van der Waals surface area contributed by atoms with Crippen LogP contribution in [-0.2, 0) is 20.7 Å². The number of fused-ring (bicyclic) bond motifs is 2. The third-order valence-electron chi connectivity index (χ3n) is 4.85. The molecular formula is C21H22N4O4. The van der Waals surface area contributed by atoms with Crippen LogP contribution in [0.25, 0.3) is 11.6 Å².